The van der Waals surface area contributed by atoms with Crippen LogP contribution in [0.5, 0.6) is 0 Å². The zero-order valence-electron chi connectivity index (χ0n) is 28.4. The Hall–Kier alpha value is -6.70. The van der Waals surface area contributed by atoms with E-state index in [2.05, 4.69) is 194 Å². The molecular weight excluding hydrogens is 629 g/mol. The van der Waals surface area contributed by atoms with Gasteiger partial charge in [0.2, 0.25) is 0 Å². The van der Waals surface area contributed by atoms with E-state index in [1.165, 1.54) is 71.6 Å². The molecule has 0 saturated heterocycles. The zero-order valence-corrected chi connectivity index (χ0v) is 28.4. The van der Waals surface area contributed by atoms with E-state index in [9.17, 15) is 0 Å². The number of hydrogen-bond acceptors (Lipinski definition) is 1. The summed E-state index contributed by atoms with van der Waals surface area (Å²) in [4.78, 5) is 0. The highest BCUT2D eigenvalue weighted by molar-refractivity contribution is 6.30. The van der Waals surface area contributed by atoms with Crippen molar-refractivity contribution < 1.29 is 4.42 Å². The Morgan fingerprint density at radius 2 is 0.885 bits per heavy atom. The summed E-state index contributed by atoms with van der Waals surface area (Å²) in [6.07, 6.45) is 0. The van der Waals surface area contributed by atoms with Crippen molar-refractivity contribution in [3.63, 3.8) is 0 Å². The van der Waals surface area contributed by atoms with Gasteiger partial charge in [-0.25, -0.2) is 0 Å². The van der Waals surface area contributed by atoms with Crippen molar-refractivity contribution in [3.05, 3.63) is 216 Å². The van der Waals surface area contributed by atoms with E-state index in [0.717, 1.165) is 27.5 Å². The lowest BCUT2D eigenvalue weighted by Gasteiger charge is -2.34. The van der Waals surface area contributed by atoms with Crippen molar-refractivity contribution in [2.75, 3.05) is 0 Å². The highest BCUT2D eigenvalue weighted by atomic mass is 16.3. The summed E-state index contributed by atoms with van der Waals surface area (Å²) < 4.78 is 6.80. The SMILES string of the molecule is c1ccc(-c2ccc3c(c2)oc2c4ccc(-c5ccc6c(c5)C(c5ccccc5)(c5ccccc5)c5ccccc5-6)cc4c4ccccc4c32)cc1. The summed E-state index contributed by atoms with van der Waals surface area (Å²) in [5.41, 5.74) is 13.9. The second kappa shape index (κ2) is 11.2. The molecule has 0 spiro atoms. The van der Waals surface area contributed by atoms with Crippen LogP contribution in [0.1, 0.15) is 22.3 Å². The minimum absolute atomic E-state index is 0.437. The maximum absolute atomic E-state index is 6.80. The summed E-state index contributed by atoms with van der Waals surface area (Å²) in [7, 11) is 0. The van der Waals surface area contributed by atoms with Gasteiger partial charge >= 0.3 is 0 Å². The van der Waals surface area contributed by atoms with Crippen molar-refractivity contribution in [3.8, 4) is 33.4 Å². The van der Waals surface area contributed by atoms with Crippen LogP contribution in [-0.2, 0) is 5.41 Å². The third-order valence-electron chi connectivity index (χ3n) is 11.3. The maximum Gasteiger partial charge on any atom is 0.143 e. The third-order valence-corrected chi connectivity index (χ3v) is 11.3. The molecule has 0 atom stereocenters. The molecule has 1 heteroatoms. The first kappa shape index (κ1) is 29.1. The molecule has 0 fully saturated rings. The molecule has 9 aromatic carbocycles. The van der Waals surface area contributed by atoms with E-state index < -0.39 is 5.41 Å². The van der Waals surface area contributed by atoms with Crippen molar-refractivity contribution in [1.82, 2.24) is 0 Å². The molecule has 1 nitrogen and oxygen atoms in total. The number of benzene rings is 9. The molecule has 0 aliphatic heterocycles. The van der Waals surface area contributed by atoms with Crippen LogP contribution >= 0.6 is 0 Å². The van der Waals surface area contributed by atoms with Crippen molar-refractivity contribution in [2.45, 2.75) is 5.41 Å². The Balaban J connectivity index is 1.15. The molecule has 1 heterocycles. The molecule has 242 valence electrons. The van der Waals surface area contributed by atoms with Crippen molar-refractivity contribution in [1.29, 1.82) is 0 Å². The summed E-state index contributed by atoms with van der Waals surface area (Å²) in [6, 6.07) is 70.9. The summed E-state index contributed by atoms with van der Waals surface area (Å²) in [5.74, 6) is 0. The molecule has 52 heavy (non-hydrogen) atoms. The van der Waals surface area contributed by atoms with Gasteiger partial charge in [0.15, 0.2) is 0 Å². The predicted molar refractivity (Wildman–Crippen MR) is 217 cm³/mol. The predicted octanol–water partition coefficient (Wildman–Crippen LogP) is 13.6. The van der Waals surface area contributed by atoms with Gasteiger partial charge in [0, 0.05) is 16.2 Å². The Labute approximate surface area is 302 Å². The Morgan fingerprint density at radius 3 is 1.63 bits per heavy atom. The first-order valence-corrected chi connectivity index (χ1v) is 18.0. The highest BCUT2D eigenvalue weighted by Crippen LogP contribution is 2.56. The van der Waals surface area contributed by atoms with Crippen LogP contribution in [0.2, 0.25) is 0 Å². The smallest absolute Gasteiger partial charge is 0.143 e. The normalized spacial score (nSPS) is 13.2. The molecule has 0 bridgehead atoms. The first-order valence-electron chi connectivity index (χ1n) is 18.0. The summed E-state index contributed by atoms with van der Waals surface area (Å²) >= 11 is 0. The van der Waals surface area contributed by atoms with Crippen molar-refractivity contribution in [2.24, 2.45) is 0 Å². The van der Waals surface area contributed by atoms with Gasteiger partial charge in [-0.05, 0) is 102 Å². The van der Waals surface area contributed by atoms with E-state index in [-0.39, 0.29) is 0 Å². The molecule has 0 amide bonds. The molecular formula is C51H32O. The van der Waals surface area contributed by atoms with Crippen LogP contribution in [-0.4, -0.2) is 0 Å². The number of rotatable bonds is 4. The second-order valence-electron chi connectivity index (χ2n) is 14.0. The summed E-state index contributed by atoms with van der Waals surface area (Å²) in [6.45, 7) is 0. The number of fused-ring (bicyclic) bond motifs is 11. The minimum Gasteiger partial charge on any atom is -0.455 e. The van der Waals surface area contributed by atoms with Crippen LogP contribution in [0, 0.1) is 0 Å². The molecule has 11 rings (SSSR count). The molecule has 0 radical (unpaired) electrons. The summed E-state index contributed by atoms with van der Waals surface area (Å²) in [5, 5.41) is 7.10. The zero-order chi connectivity index (χ0) is 34.2. The van der Waals surface area contributed by atoms with Gasteiger partial charge < -0.3 is 4.42 Å². The molecule has 10 aromatic rings. The van der Waals surface area contributed by atoms with E-state index in [1.807, 2.05) is 0 Å². The molecule has 0 N–H and O–H groups in total. The monoisotopic (exact) mass is 660 g/mol. The molecule has 1 aromatic heterocycles. The quantitative estimate of drug-likeness (QED) is 0.171. The van der Waals surface area contributed by atoms with Gasteiger partial charge in [-0.1, -0.05) is 164 Å². The fourth-order valence-electron chi connectivity index (χ4n) is 9.07. The Kier molecular flexibility index (Phi) is 6.23. The Bertz CT molecular complexity index is 2950. The van der Waals surface area contributed by atoms with E-state index in [0.29, 0.717) is 0 Å². The second-order valence-corrected chi connectivity index (χ2v) is 14.0. The first-order chi connectivity index (χ1) is 25.8. The number of hydrogen-bond donors (Lipinski definition) is 0. The van der Waals surface area contributed by atoms with Gasteiger partial charge in [-0.3, -0.25) is 0 Å². The lowest BCUT2D eigenvalue weighted by Crippen LogP contribution is -2.28. The van der Waals surface area contributed by atoms with E-state index in [1.54, 1.807) is 0 Å². The van der Waals surface area contributed by atoms with Gasteiger partial charge in [0.25, 0.3) is 0 Å². The maximum atomic E-state index is 6.80. The van der Waals surface area contributed by atoms with Gasteiger partial charge in [-0.15, -0.1) is 0 Å². The molecule has 1 aliphatic rings. The third kappa shape index (κ3) is 4.05. The highest BCUT2D eigenvalue weighted by Gasteiger charge is 2.46. The van der Waals surface area contributed by atoms with E-state index in [4.69, 9.17) is 4.42 Å². The Morgan fingerprint density at radius 1 is 0.327 bits per heavy atom. The average molecular weight is 661 g/mol. The van der Waals surface area contributed by atoms with Crippen molar-refractivity contribution >= 4 is 43.5 Å². The van der Waals surface area contributed by atoms with Crippen LogP contribution < -0.4 is 0 Å². The van der Waals surface area contributed by atoms with Gasteiger partial charge in [0.05, 0.1) is 5.41 Å². The molecule has 0 unspecified atom stereocenters. The van der Waals surface area contributed by atoms with Gasteiger partial charge in [-0.2, -0.15) is 0 Å². The standard InChI is InChI=1S/C51H32O/c1-4-14-33(15-5-1)36-26-29-44-48(32-36)52-50-43-28-25-34(30-45(43)39-20-10-11-22-42(39)49(44)50)35-24-27-41-40-21-12-13-23-46(40)51(47(41)31-35,37-16-6-2-7-17-37)38-18-8-3-9-19-38/h1-32H. The van der Waals surface area contributed by atoms with Crippen LogP contribution in [0.3, 0.4) is 0 Å². The van der Waals surface area contributed by atoms with Crippen LogP contribution in [0.15, 0.2) is 199 Å². The van der Waals surface area contributed by atoms with Crippen LogP contribution in [0.4, 0.5) is 0 Å². The largest absolute Gasteiger partial charge is 0.455 e. The lowest BCUT2D eigenvalue weighted by molar-refractivity contribution is 0.673. The van der Waals surface area contributed by atoms with Crippen LogP contribution in [0.25, 0.3) is 76.9 Å². The average Bonchev–Trinajstić information content (AvgIpc) is 3.76. The molecule has 1 aliphatic carbocycles. The lowest BCUT2D eigenvalue weighted by atomic mass is 9.67. The fraction of sp³-hybridized carbons (Fsp3) is 0.0196. The minimum atomic E-state index is -0.437. The molecule has 0 saturated carbocycles. The van der Waals surface area contributed by atoms with Gasteiger partial charge in [0.1, 0.15) is 11.2 Å². The fourth-order valence-corrected chi connectivity index (χ4v) is 9.07. The number of furan rings is 1. The topological polar surface area (TPSA) is 13.1 Å². The van der Waals surface area contributed by atoms with E-state index >= 15 is 0 Å².